The summed E-state index contributed by atoms with van der Waals surface area (Å²) in [5.41, 5.74) is 4.04. The predicted octanol–water partition coefficient (Wildman–Crippen LogP) is 3.10. The Bertz CT molecular complexity index is 958. The monoisotopic (exact) mass is 424 g/mol. The molecule has 2 heterocycles. The van der Waals surface area contributed by atoms with Gasteiger partial charge in [-0.1, -0.05) is 18.2 Å². The van der Waals surface area contributed by atoms with Crippen LogP contribution in [0, 0.1) is 5.82 Å². The molecule has 2 aromatic rings. The summed E-state index contributed by atoms with van der Waals surface area (Å²) in [5, 5.41) is 5.24. The van der Waals surface area contributed by atoms with Gasteiger partial charge in [0.1, 0.15) is 5.82 Å². The lowest BCUT2D eigenvalue weighted by atomic mass is 9.96. The molecule has 2 aliphatic heterocycles. The van der Waals surface area contributed by atoms with Gasteiger partial charge in [-0.25, -0.2) is 4.39 Å². The van der Waals surface area contributed by atoms with Crippen molar-refractivity contribution in [1.29, 1.82) is 0 Å². The average molecular weight is 425 g/mol. The molecule has 7 heteroatoms. The van der Waals surface area contributed by atoms with Crippen molar-refractivity contribution < 1.29 is 14.0 Å². The van der Waals surface area contributed by atoms with Gasteiger partial charge in [0.05, 0.1) is 6.04 Å². The van der Waals surface area contributed by atoms with Gasteiger partial charge < -0.3 is 15.5 Å². The van der Waals surface area contributed by atoms with Crippen LogP contribution in [0.1, 0.15) is 36.4 Å². The highest BCUT2D eigenvalue weighted by Gasteiger charge is 2.26. The Morgan fingerprint density at radius 3 is 2.61 bits per heavy atom. The summed E-state index contributed by atoms with van der Waals surface area (Å²) in [4.78, 5) is 29.3. The Labute approximate surface area is 182 Å². The van der Waals surface area contributed by atoms with Crippen molar-refractivity contribution >= 4 is 23.2 Å². The van der Waals surface area contributed by atoms with E-state index in [1.807, 2.05) is 0 Å². The van der Waals surface area contributed by atoms with E-state index >= 15 is 0 Å². The summed E-state index contributed by atoms with van der Waals surface area (Å²) in [6.45, 7) is 3.38. The summed E-state index contributed by atoms with van der Waals surface area (Å²) >= 11 is 0. The summed E-state index contributed by atoms with van der Waals surface area (Å²) < 4.78 is 13.3. The van der Waals surface area contributed by atoms with Crippen LogP contribution in [0.2, 0.25) is 0 Å². The molecular formula is C24H29FN4O2. The van der Waals surface area contributed by atoms with E-state index in [0.717, 1.165) is 45.3 Å². The second kappa shape index (κ2) is 9.47. The molecule has 0 aliphatic carbocycles. The lowest BCUT2D eigenvalue weighted by Crippen LogP contribution is -2.41. The van der Waals surface area contributed by atoms with Crippen molar-refractivity contribution in [2.45, 2.75) is 31.7 Å². The Morgan fingerprint density at radius 1 is 1.03 bits per heavy atom. The maximum Gasteiger partial charge on any atom is 0.313 e. The molecule has 2 aromatic carbocycles. The number of hydrogen-bond donors (Lipinski definition) is 2. The van der Waals surface area contributed by atoms with E-state index < -0.39 is 17.6 Å². The molecular weight excluding hydrogens is 395 g/mol. The van der Waals surface area contributed by atoms with Gasteiger partial charge in [-0.3, -0.25) is 14.5 Å². The second-order valence-electron chi connectivity index (χ2n) is 8.35. The van der Waals surface area contributed by atoms with Gasteiger partial charge in [0, 0.05) is 31.5 Å². The number of nitrogens with one attached hydrogen (secondary N) is 2. The third-order valence-electron chi connectivity index (χ3n) is 6.17. The van der Waals surface area contributed by atoms with Crippen molar-refractivity contribution in [3.8, 4) is 0 Å². The maximum atomic E-state index is 13.3. The Kier molecular flexibility index (Phi) is 6.51. The summed E-state index contributed by atoms with van der Waals surface area (Å²) in [6, 6.07) is 12.1. The number of aryl methyl sites for hydroxylation is 1. The van der Waals surface area contributed by atoms with Crippen LogP contribution in [-0.4, -0.2) is 49.9 Å². The largest absolute Gasteiger partial charge is 0.374 e. The van der Waals surface area contributed by atoms with Crippen molar-refractivity contribution in [1.82, 2.24) is 10.2 Å². The first-order valence-electron chi connectivity index (χ1n) is 10.9. The van der Waals surface area contributed by atoms with Crippen molar-refractivity contribution in [3.63, 3.8) is 0 Å². The molecule has 1 saturated heterocycles. The number of fused-ring (bicyclic) bond motifs is 1. The summed E-state index contributed by atoms with van der Waals surface area (Å²) in [6.07, 6.45) is 4.47. The van der Waals surface area contributed by atoms with Crippen LogP contribution in [0.4, 0.5) is 15.8 Å². The Morgan fingerprint density at radius 2 is 1.84 bits per heavy atom. The zero-order valence-electron chi connectivity index (χ0n) is 17.9. The average Bonchev–Trinajstić information content (AvgIpc) is 3.28. The molecule has 1 fully saturated rings. The number of likely N-dealkylation sites (tertiary alicyclic amines) is 1. The van der Waals surface area contributed by atoms with E-state index in [1.54, 1.807) is 6.07 Å². The quantitative estimate of drug-likeness (QED) is 0.724. The van der Waals surface area contributed by atoms with Gasteiger partial charge in [0.25, 0.3) is 0 Å². The van der Waals surface area contributed by atoms with E-state index in [0.29, 0.717) is 6.54 Å². The number of carbonyl (C=O) groups excluding carboxylic acids is 2. The minimum Gasteiger partial charge on any atom is -0.374 e. The molecule has 0 bridgehead atoms. The number of hydrogen-bond acceptors (Lipinski definition) is 4. The SMILES string of the molecule is CN1CCCc2cc([C@H](CNC(=O)C(=O)Nc3cccc(F)c3)N3CCCC3)ccc21. The third-order valence-corrected chi connectivity index (χ3v) is 6.17. The predicted molar refractivity (Wildman–Crippen MR) is 120 cm³/mol. The minimum absolute atomic E-state index is 0.0194. The Balaban J connectivity index is 1.45. The highest BCUT2D eigenvalue weighted by atomic mass is 19.1. The fourth-order valence-electron chi connectivity index (χ4n) is 4.55. The summed E-state index contributed by atoms with van der Waals surface area (Å²) in [5.74, 6) is -1.98. The minimum atomic E-state index is -0.794. The van der Waals surface area contributed by atoms with Crippen molar-refractivity contribution in [2.24, 2.45) is 0 Å². The lowest BCUT2D eigenvalue weighted by Gasteiger charge is -2.31. The molecule has 2 aliphatic rings. The van der Waals surface area contributed by atoms with Crippen LogP contribution in [-0.2, 0) is 16.0 Å². The van der Waals surface area contributed by atoms with E-state index in [1.165, 1.54) is 35.0 Å². The second-order valence-corrected chi connectivity index (χ2v) is 8.35. The van der Waals surface area contributed by atoms with Crippen molar-refractivity contribution in [2.75, 3.05) is 43.4 Å². The fraction of sp³-hybridized carbons (Fsp3) is 0.417. The van der Waals surface area contributed by atoms with Gasteiger partial charge in [-0.15, -0.1) is 0 Å². The standard InChI is InChI=1S/C24H29FN4O2/c1-28-11-5-6-17-14-18(9-10-21(17)28)22(29-12-2-3-13-29)16-26-23(30)24(31)27-20-8-4-7-19(25)15-20/h4,7-10,14-15,22H,2-3,5-6,11-13,16H2,1H3,(H,26,30)(H,27,31)/t22-/m0/s1. The van der Waals surface area contributed by atoms with Crippen LogP contribution in [0.25, 0.3) is 0 Å². The van der Waals surface area contributed by atoms with Crippen LogP contribution >= 0.6 is 0 Å². The molecule has 6 nitrogen and oxygen atoms in total. The number of amides is 2. The zero-order chi connectivity index (χ0) is 21.8. The fourth-order valence-corrected chi connectivity index (χ4v) is 4.55. The first kappa shape index (κ1) is 21.3. The first-order valence-corrected chi connectivity index (χ1v) is 10.9. The van der Waals surface area contributed by atoms with Gasteiger partial charge in [-0.2, -0.15) is 0 Å². The molecule has 0 aromatic heterocycles. The number of carbonyl (C=O) groups is 2. The lowest BCUT2D eigenvalue weighted by molar-refractivity contribution is -0.136. The zero-order valence-corrected chi connectivity index (χ0v) is 17.9. The molecule has 1 atom stereocenters. The highest BCUT2D eigenvalue weighted by Crippen LogP contribution is 2.31. The smallest absolute Gasteiger partial charge is 0.313 e. The molecule has 0 saturated carbocycles. The molecule has 2 N–H and O–H groups in total. The molecule has 2 amide bonds. The summed E-state index contributed by atoms with van der Waals surface area (Å²) in [7, 11) is 2.12. The molecule has 0 spiro atoms. The van der Waals surface area contributed by atoms with Gasteiger partial charge in [0.2, 0.25) is 0 Å². The van der Waals surface area contributed by atoms with Crippen LogP contribution in [0.15, 0.2) is 42.5 Å². The number of nitrogens with zero attached hydrogens (tertiary/aromatic N) is 2. The molecule has 31 heavy (non-hydrogen) atoms. The van der Waals surface area contributed by atoms with E-state index in [2.05, 4.69) is 45.7 Å². The third kappa shape index (κ3) is 5.05. The van der Waals surface area contributed by atoms with Crippen LogP contribution < -0.4 is 15.5 Å². The van der Waals surface area contributed by atoms with Crippen LogP contribution in [0.3, 0.4) is 0 Å². The maximum absolute atomic E-state index is 13.3. The molecule has 4 rings (SSSR count). The van der Waals surface area contributed by atoms with E-state index in [4.69, 9.17) is 0 Å². The molecule has 0 unspecified atom stereocenters. The van der Waals surface area contributed by atoms with Gasteiger partial charge >= 0.3 is 11.8 Å². The van der Waals surface area contributed by atoms with Crippen LogP contribution in [0.5, 0.6) is 0 Å². The van der Waals surface area contributed by atoms with Gasteiger partial charge in [0.15, 0.2) is 0 Å². The van der Waals surface area contributed by atoms with Crippen molar-refractivity contribution in [3.05, 3.63) is 59.4 Å². The number of rotatable bonds is 5. The first-order chi connectivity index (χ1) is 15.0. The number of benzene rings is 2. The number of halogens is 1. The normalized spacial score (nSPS) is 17.2. The molecule has 0 radical (unpaired) electrons. The molecule has 164 valence electrons. The van der Waals surface area contributed by atoms with E-state index in [-0.39, 0.29) is 11.7 Å². The Hall–Kier alpha value is -2.93. The topological polar surface area (TPSA) is 64.7 Å². The number of anilines is 2. The van der Waals surface area contributed by atoms with E-state index in [9.17, 15) is 14.0 Å². The highest BCUT2D eigenvalue weighted by molar-refractivity contribution is 6.39. The van der Waals surface area contributed by atoms with Gasteiger partial charge in [-0.05, 0) is 74.2 Å².